The van der Waals surface area contributed by atoms with Crippen LogP contribution in [-0.4, -0.2) is 10.8 Å². The van der Waals surface area contributed by atoms with E-state index in [1.807, 2.05) is 32.0 Å². The second-order valence-electron chi connectivity index (χ2n) is 4.51. The molecule has 3 heteroatoms. The van der Waals surface area contributed by atoms with Crippen molar-refractivity contribution in [1.82, 2.24) is 4.98 Å². The lowest BCUT2D eigenvalue weighted by atomic mass is 9.90. The van der Waals surface area contributed by atoms with Crippen LogP contribution in [0.1, 0.15) is 33.0 Å². The number of pyridine rings is 1. The number of benzene rings is 1. The number of rotatable bonds is 3. The zero-order chi connectivity index (χ0) is 13.8. The van der Waals surface area contributed by atoms with E-state index in [1.165, 1.54) is 0 Å². The predicted octanol–water partition coefficient (Wildman–Crippen LogP) is 3.19. The van der Waals surface area contributed by atoms with Gasteiger partial charge in [0.15, 0.2) is 5.78 Å². The molecule has 0 spiro atoms. The van der Waals surface area contributed by atoms with Gasteiger partial charge < -0.3 is 0 Å². The van der Waals surface area contributed by atoms with E-state index in [-0.39, 0.29) is 5.78 Å². The van der Waals surface area contributed by atoms with E-state index in [1.54, 1.807) is 24.5 Å². The van der Waals surface area contributed by atoms with Gasteiger partial charge >= 0.3 is 0 Å². The zero-order valence-electron chi connectivity index (χ0n) is 10.9. The molecule has 0 aliphatic rings. The summed E-state index contributed by atoms with van der Waals surface area (Å²) in [6, 6.07) is 11.0. The first-order valence-electron chi connectivity index (χ1n) is 6.04. The van der Waals surface area contributed by atoms with E-state index in [2.05, 4.69) is 11.1 Å². The highest BCUT2D eigenvalue weighted by Crippen LogP contribution is 2.22. The third-order valence-electron chi connectivity index (χ3n) is 3.22. The van der Waals surface area contributed by atoms with Crippen LogP contribution in [-0.2, 0) is 0 Å². The Morgan fingerprint density at radius 3 is 2.42 bits per heavy atom. The fourth-order valence-corrected chi connectivity index (χ4v) is 1.91. The Bertz CT molecular complexity index is 642. The summed E-state index contributed by atoms with van der Waals surface area (Å²) >= 11 is 0. The number of carbonyl (C=O) groups excluding carboxylic acids is 1. The first-order valence-corrected chi connectivity index (χ1v) is 6.04. The van der Waals surface area contributed by atoms with E-state index in [0.29, 0.717) is 5.56 Å². The maximum absolute atomic E-state index is 12.3. The van der Waals surface area contributed by atoms with E-state index < -0.39 is 5.92 Å². The van der Waals surface area contributed by atoms with E-state index in [0.717, 1.165) is 16.7 Å². The summed E-state index contributed by atoms with van der Waals surface area (Å²) < 4.78 is 0. The van der Waals surface area contributed by atoms with Gasteiger partial charge in [0, 0.05) is 18.0 Å². The van der Waals surface area contributed by atoms with Crippen LogP contribution >= 0.6 is 0 Å². The molecule has 2 rings (SSSR count). The molecule has 0 radical (unpaired) electrons. The first kappa shape index (κ1) is 13.0. The molecule has 1 aromatic carbocycles. The minimum Gasteiger partial charge on any atom is -0.292 e. The molecule has 3 nitrogen and oxygen atoms in total. The van der Waals surface area contributed by atoms with Crippen LogP contribution < -0.4 is 0 Å². The largest absolute Gasteiger partial charge is 0.292 e. The molecule has 1 aromatic heterocycles. The second kappa shape index (κ2) is 5.45. The van der Waals surface area contributed by atoms with Gasteiger partial charge in [-0.2, -0.15) is 5.26 Å². The third-order valence-corrected chi connectivity index (χ3v) is 3.22. The van der Waals surface area contributed by atoms with Crippen molar-refractivity contribution >= 4 is 5.78 Å². The van der Waals surface area contributed by atoms with Crippen LogP contribution in [0.2, 0.25) is 0 Å². The molecule has 0 bridgehead atoms. The highest BCUT2D eigenvalue weighted by molar-refractivity contribution is 6.02. The van der Waals surface area contributed by atoms with Crippen LogP contribution in [0.15, 0.2) is 42.7 Å². The summed E-state index contributed by atoms with van der Waals surface area (Å²) in [7, 11) is 0. The predicted molar refractivity (Wildman–Crippen MR) is 72.8 cm³/mol. The average Bonchev–Trinajstić information content (AvgIpc) is 2.44. The number of ketones is 1. The number of hydrogen-bond donors (Lipinski definition) is 0. The monoisotopic (exact) mass is 250 g/mol. The quantitative estimate of drug-likeness (QED) is 0.786. The molecule has 1 atom stereocenters. The van der Waals surface area contributed by atoms with E-state index in [4.69, 9.17) is 0 Å². The normalized spacial score (nSPS) is 11.6. The molecular formula is C16H14N2O. The number of nitriles is 1. The zero-order valence-corrected chi connectivity index (χ0v) is 10.9. The SMILES string of the molecule is Cc1ccc(C(C#N)C(=O)c2ccncc2)cc1C. The van der Waals surface area contributed by atoms with Gasteiger partial charge in [-0.05, 0) is 42.7 Å². The van der Waals surface area contributed by atoms with Crippen molar-refractivity contribution in [2.24, 2.45) is 0 Å². The molecule has 0 amide bonds. The Labute approximate surface area is 112 Å². The Morgan fingerprint density at radius 1 is 1.16 bits per heavy atom. The fourth-order valence-electron chi connectivity index (χ4n) is 1.91. The standard InChI is InChI=1S/C16H14N2O/c1-11-3-4-14(9-12(11)2)15(10-17)16(19)13-5-7-18-8-6-13/h3-9,15H,1-2H3. The second-order valence-corrected chi connectivity index (χ2v) is 4.51. The fraction of sp³-hybridized carbons (Fsp3) is 0.188. The lowest BCUT2D eigenvalue weighted by Gasteiger charge is -2.10. The molecule has 19 heavy (non-hydrogen) atoms. The van der Waals surface area contributed by atoms with Crippen LogP contribution in [0, 0.1) is 25.2 Å². The van der Waals surface area contributed by atoms with Crippen LogP contribution in [0.25, 0.3) is 0 Å². The van der Waals surface area contributed by atoms with Gasteiger partial charge in [0.25, 0.3) is 0 Å². The Balaban J connectivity index is 2.38. The number of aromatic nitrogens is 1. The molecule has 1 unspecified atom stereocenters. The molecule has 0 aliphatic carbocycles. The summed E-state index contributed by atoms with van der Waals surface area (Å²) in [6.07, 6.45) is 3.12. The van der Waals surface area contributed by atoms with Crippen molar-refractivity contribution in [3.63, 3.8) is 0 Å². The minimum atomic E-state index is -0.762. The first-order chi connectivity index (χ1) is 9.13. The topological polar surface area (TPSA) is 53.8 Å². The van der Waals surface area contributed by atoms with Crippen molar-refractivity contribution in [3.05, 3.63) is 65.0 Å². The summed E-state index contributed by atoms with van der Waals surface area (Å²) in [4.78, 5) is 16.2. The summed E-state index contributed by atoms with van der Waals surface area (Å²) in [5.74, 6) is -0.949. The smallest absolute Gasteiger partial charge is 0.184 e. The van der Waals surface area contributed by atoms with Gasteiger partial charge in [-0.3, -0.25) is 9.78 Å². The van der Waals surface area contributed by atoms with Gasteiger partial charge in [-0.15, -0.1) is 0 Å². The van der Waals surface area contributed by atoms with Crippen LogP contribution in [0.5, 0.6) is 0 Å². The maximum Gasteiger partial charge on any atom is 0.184 e. The summed E-state index contributed by atoms with van der Waals surface area (Å²) in [6.45, 7) is 3.98. The summed E-state index contributed by atoms with van der Waals surface area (Å²) in [5, 5.41) is 9.28. The van der Waals surface area contributed by atoms with Gasteiger partial charge in [-0.1, -0.05) is 18.2 Å². The number of aryl methyl sites for hydroxylation is 2. The van der Waals surface area contributed by atoms with Crippen molar-refractivity contribution < 1.29 is 4.79 Å². The highest BCUT2D eigenvalue weighted by Gasteiger charge is 2.21. The molecule has 0 saturated heterocycles. The van der Waals surface area contributed by atoms with Crippen molar-refractivity contribution in [1.29, 1.82) is 5.26 Å². The number of nitrogens with zero attached hydrogens (tertiary/aromatic N) is 2. The molecular weight excluding hydrogens is 236 g/mol. The molecule has 0 N–H and O–H groups in total. The summed E-state index contributed by atoms with van der Waals surface area (Å²) in [5.41, 5.74) is 3.49. The molecule has 0 saturated carbocycles. The highest BCUT2D eigenvalue weighted by atomic mass is 16.1. The Hall–Kier alpha value is -2.47. The van der Waals surface area contributed by atoms with Crippen molar-refractivity contribution in [2.45, 2.75) is 19.8 Å². The van der Waals surface area contributed by atoms with Crippen LogP contribution in [0.4, 0.5) is 0 Å². The van der Waals surface area contributed by atoms with Gasteiger partial charge in [-0.25, -0.2) is 0 Å². The van der Waals surface area contributed by atoms with Gasteiger partial charge in [0.1, 0.15) is 5.92 Å². The van der Waals surface area contributed by atoms with E-state index >= 15 is 0 Å². The lowest BCUT2D eigenvalue weighted by Crippen LogP contribution is -2.11. The van der Waals surface area contributed by atoms with E-state index in [9.17, 15) is 10.1 Å². The number of Topliss-reactive ketones (excluding diaryl/α,β-unsaturated/α-hetero) is 1. The molecule has 0 aliphatic heterocycles. The number of carbonyl (C=O) groups is 1. The van der Waals surface area contributed by atoms with Crippen molar-refractivity contribution in [3.8, 4) is 6.07 Å². The average molecular weight is 250 g/mol. The van der Waals surface area contributed by atoms with Crippen molar-refractivity contribution in [2.75, 3.05) is 0 Å². The third kappa shape index (κ3) is 2.69. The van der Waals surface area contributed by atoms with Gasteiger partial charge in [0.05, 0.1) is 6.07 Å². The lowest BCUT2D eigenvalue weighted by molar-refractivity contribution is 0.0979. The molecule has 0 fully saturated rings. The Kier molecular flexibility index (Phi) is 3.72. The van der Waals surface area contributed by atoms with Gasteiger partial charge in [0.2, 0.25) is 0 Å². The molecule has 2 aromatic rings. The maximum atomic E-state index is 12.3. The number of hydrogen-bond acceptors (Lipinski definition) is 3. The molecule has 1 heterocycles. The molecule has 94 valence electrons. The Morgan fingerprint density at radius 2 is 1.84 bits per heavy atom. The van der Waals surface area contributed by atoms with Crippen LogP contribution in [0.3, 0.4) is 0 Å². The minimum absolute atomic E-state index is 0.187.